The highest BCUT2D eigenvalue weighted by Crippen LogP contribution is 2.60. The smallest absolute Gasteiger partial charge is 0.226 e. The van der Waals surface area contributed by atoms with E-state index in [2.05, 4.69) is 27.7 Å². The topological polar surface area (TPSA) is 94.6 Å². The van der Waals surface area contributed by atoms with E-state index in [1.807, 2.05) is 30.5 Å². The van der Waals surface area contributed by atoms with Gasteiger partial charge in [-0.05, 0) is 92.5 Å². The van der Waals surface area contributed by atoms with Crippen LogP contribution in [0.3, 0.4) is 0 Å². The zero-order valence-corrected chi connectivity index (χ0v) is 21.0. The van der Waals surface area contributed by atoms with Crippen molar-refractivity contribution in [1.82, 2.24) is 10.3 Å². The fraction of sp³-hybridized carbons (Fsp3) is 0.552. The fourth-order valence-electron chi connectivity index (χ4n) is 7.61. The number of piperidine rings is 1. The van der Waals surface area contributed by atoms with Gasteiger partial charge in [0.05, 0.1) is 11.5 Å². The van der Waals surface area contributed by atoms with Crippen molar-refractivity contribution in [3.63, 3.8) is 0 Å². The molecular formula is C29H36N4O3. The summed E-state index contributed by atoms with van der Waals surface area (Å²) in [6, 6.07) is 12.0. The van der Waals surface area contributed by atoms with E-state index in [4.69, 9.17) is 4.98 Å². The molecule has 190 valence electrons. The number of aliphatic hydroxyl groups excluding tert-OH is 1. The number of aliphatic hydroxyl groups is 1. The van der Waals surface area contributed by atoms with Gasteiger partial charge in [0.25, 0.3) is 0 Å². The molecule has 7 nitrogen and oxygen atoms in total. The van der Waals surface area contributed by atoms with Crippen LogP contribution in [0.15, 0.2) is 42.6 Å². The van der Waals surface area contributed by atoms with Gasteiger partial charge in [-0.15, -0.1) is 0 Å². The van der Waals surface area contributed by atoms with Gasteiger partial charge in [-0.3, -0.25) is 9.59 Å². The molecule has 1 aliphatic heterocycles. The molecule has 1 aromatic carbocycles. The molecule has 1 aromatic heterocycles. The summed E-state index contributed by atoms with van der Waals surface area (Å²) >= 11 is 0. The number of aromatic nitrogens is 1. The Labute approximate surface area is 212 Å². The third-order valence-corrected chi connectivity index (χ3v) is 9.07. The van der Waals surface area contributed by atoms with Crippen LogP contribution in [0, 0.1) is 23.2 Å². The van der Waals surface area contributed by atoms with Gasteiger partial charge >= 0.3 is 0 Å². The van der Waals surface area contributed by atoms with Gasteiger partial charge < -0.3 is 20.6 Å². The second-order valence-corrected chi connectivity index (χ2v) is 11.7. The summed E-state index contributed by atoms with van der Waals surface area (Å²) in [4.78, 5) is 31.8. The minimum absolute atomic E-state index is 0.0819. The fourth-order valence-corrected chi connectivity index (χ4v) is 7.61. The number of benzene rings is 1. The molecule has 2 aromatic rings. The van der Waals surface area contributed by atoms with Crippen LogP contribution < -0.4 is 15.5 Å². The third-order valence-electron chi connectivity index (χ3n) is 9.07. The maximum absolute atomic E-state index is 13.5. The molecule has 5 aliphatic rings. The summed E-state index contributed by atoms with van der Waals surface area (Å²) in [7, 11) is 0. The van der Waals surface area contributed by atoms with E-state index >= 15 is 0 Å². The monoisotopic (exact) mass is 488 g/mol. The number of nitrogens with zero attached hydrogens (tertiary/aromatic N) is 2. The molecule has 4 bridgehead atoms. The highest BCUT2D eigenvalue weighted by Gasteiger charge is 2.58. The van der Waals surface area contributed by atoms with Crippen molar-refractivity contribution < 1.29 is 14.7 Å². The molecule has 4 saturated carbocycles. The van der Waals surface area contributed by atoms with Crippen molar-refractivity contribution in [3.05, 3.63) is 42.6 Å². The molecular weight excluding hydrogens is 452 g/mol. The standard InChI is InChI=1S/C29H36N4O3/c1-18(34)31-24-7-4-20(5-8-24)21-6-9-26(30-16-21)33-10-2-3-25(17-33)32-28(36)29-13-19-11-22(14-29)27(35)23(12-19)15-29/h4-9,16,19,22-23,25,27,35H,2-3,10-15,17H2,1H3,(H,31,34)(H,32,36). The summed E-state index contributed by atoms with van der Waals surface area (Å²) < 4.78 is 0. The van der Waals surface area contributed by atoms with Crippen LogP contribution >= 0.6 is 0 Å². The molecule has 2 heterocycles. The Morgan fingerprint density at radius 2 is 1.75 bits per heavy atom. The summed E-state index contributed by atoms with van der Waals surface area (Å²) in [5, 5.41) is 16.8. The number of anilines is 2. The first kappa shape index (κ1) is 23.5. The summed E-state index contributed by atoms with van der Waals surface area (Å²) in [5.74, 6) is 2.32. The summed E-state index contributed by atoms with van der Waals surface area (Å²) in [6.07, 6.45) is 8.65. The van der Waals surface area contributed by atoms with Gasteiger partial charge in [0.2, 0.25) is 11.8 Å². The number of hydrogen-bond donors (Lipinski definition) is 3. The van der Waals surface area contributed by atoms with Gasteiger partial charge in [-0.2, -0.15) is 0 Å². The SMILES string of the molecule is CC(=O)Nc1ccc(-c2ccc(N3CCCC(NC(=O)C45CC6CC(C4)C(O)C(C6)C5)C3)nc2)cc1. The van der Waals surface area contributed by atoms with Crippen LogP contribution in [0.2, 0.25) is 0 Å². The maximum Gasteiger partial charge on any atom is 0.226 e. The Hall–Kier alpha value is -2.93. The first-order chi connectivity index (χ1) is 17.4. The van der Waals surface area contributed by atoms with Crippen LogP contribution in [-0.2, 0) is 9.59 Å². The summed E-state index contributed by atoms with van der Waals surface area (Å²) in [6.45, 7) is 3.22. The number of nitrogens with one attached hydrogen (secondary N) is 2. The molecule has 3 unspecified atom stereocenters. The Balaban J connectivity index is 1.09. The van der Waals surface area contributed by atoms with E-state index in [1.54, 1.807) is 0 Å². The Morgan fingerprint density at radius 3 is 2.42 bits per heavy atom. The lowest BCUT2D eigenvalue weighted by Gasteiger charge is -2.58. The second kappa shape index (κ2) is 9.18. The Bertz CT molecular complexity index is 1120. The summed E-state index contributed by atoms with van der Waals surface area (Å²) in [5.41, 5.74) is 2.60. The van der Waals surface area contributed by atoms with Gasteiger partial charge in [0.15, 0.2) is 0 Å². The average Bonchev–Trinajstić information content (AvgIpc) is 2.87. The number of carbonyl (C=O) groups excluding carboxylic acids is 2. The maximum atomic E-state index is 13.5. The van der Waals surface area contributed by atoms with Crippen molar-refractivity contribution in [3.8, 4) is 11.1 Å². The molecule has 7 heteroatoms. The molecule has 3 atom stereocenters. The lowest BCUT2D eigenvalue weighted by atomic mass is 9.48. The Kier molecular flexibility index (Phi) is 5.98. The van der Waals surface area contributed by atoms with Crippen molar-refractivity contribution >= 4 is 23.3 Å². The molecule has 3 N–H and O–H groups in total. The Morgan fingerprint density at radius 1 is 1.03 bits per heavy atom. The van der Waals surface area contributed by atoms with Crippen LogP contribution in [-0.4, -0.2) is 47.1 Å². The molecule has 2 amide bonds. The highest BCUT2D eigenvalue weighted by atomic mass is 16.3. The number of hydrogen-bond acceptors (Lipinski definition) is 5. The predicted molar refractivity (Wildman–Crippen MR) is 139 cm³/mol. The van der Waals surface area contributed by atoms with E-state index < -0.39 is 0 Å². The molecule has 36 heavy (non-hydrogen) atoms. The second-order valence-electron chi connectivity index (χ2n) is 11.7. The van der Waals surface area contributed by atoms with E-state index in [1.165, 1.54) is 6.92 Å². The number of pyridine rings is 1. The van der Waals surface area contributed by atoms with Crippen LogP contribution in [0.4, 0.5) is 11.5 Å². The first-order valence-corrected chi connectivity index (χ1v) is 13.5. The van der Waals surface area contributed by atoms with E-state index in [0.29, 0.717) is 17.8 Å². The molecule has 1 saturated heterocycles. The quantitative estimate of drug-likeness (QED) is 0.592. The minimum Gasteiger partial charge on any atom is -0.393 e. The zero-order chi connectivity index (χ0) is 24.9. The molecule has 5 fully saturated rings. The normalized spacial score (nSPS) is 32.8. The largest absolute Gasteiger partial charge is 0.393 e. The van der Waals surface area contributed by atoms with Crippen LogP contribution in [0.25, 0.3) is 11.1 Å². The number of amides is 2. The highest BCUT2D eigenvalue weighted by molar-refractivity contribution is 5.89. The first-order valence-electron chi connectivity index (χ1n) is 13.5. The average molecular weight is 489 g/mol. The third kappa shape index (κ3) is 4.38. The van der Waals surface area contributed by atoms with Gasteiger partial charge in [-0.1, -0.05) is 12.1 Å². The van der Waals surface area contributed by atoms with Crippen LogP contribution in [0.5, 0.6) is 0 Å². The van der Waals surface area contributed by atoms with E-state index in [0.717, 1.165) is 80.7 Å². The molecule has 4 aliphatic carbocycles. The number of rotatable bonds is 5. The number of carbonyl (C=O) groups is 2. The van der Waals surface area contributed by atoms with Crippen molar-refractivity contribution in [1.29, 1.82) is 0 Å². The van der Waals surface area contributed by atoms with E-state index in [-0.39, 0.29) is 29.4 Å². The molecule has 0 spiro atoms. The van der Waals surface area contributed by atoms with E-state index in [9.17, 15) is 14.7 Å². The zero-order valence-electron chi connectivity index (χ0n) is 21.0. The van der Waals surface area contributed by atoms with Crippen molar-refractivity contribution in [2.24, 2.45) is 23.2 Å². The van der Waals surface area contributed by atoms with Crippen LogP contribution in [0.1, 0.15) is 51.9 Å². The predicted octanol–water partition coefficient (Wildman–Crippen LogP) is 3.98. The molecule has 7 rings (SSSR count). The van der Waals surface area contributed by atoms with Gasteiger partial charge in [0.1, 0.15) is 5.82 Å². The van der Waals surface area contributed by atoms with Crippen molar-refractivity contribution in [2.45, 2.75) is 64.0 Å². The lowest BCUT2D eigenvalue weighted by Crippen LogP contribution is -2.60. The van der Waals surface area contributed by atoms with Crippen molar-refractivity contribution in [2.75, 3.05) is 23.3 Å². The minimum atomic E-state index is -0.257. The lowest BCUT2D eigenvalue weighted by molar-refractivity contribution is -0.163. The van der Waals surface area contributed by atoms with Gasteiger partial charge in [-0.25, -0.2) is 4.98 Å². The molecule has 0 radical (unpaired) electrons. The van der Waals surface area contributed by atoms with Gasteiger partial charge in [0, 0.05) is 43.5 Å².